The highest BCUT2D eigenvalue weighted by atomic mass is 19.1. The second kappa shape index (κ2) is 7.42. The fourth-order valence-corrected chi connectivity index (χ4v) is 3.22. The first-order valence-electron chi connectivity index (χ1n) is 8.30. The summed E-state index contributed by atoms with van der Waals surface area (Å²) in [4.78, 5) is 27.7. The first-order chi connectivity index (χ1) is 12.1. The van der Waals surface area contributed by atoms with Gasteiger partial charge in [-0.25, -0.2) is 9.78 Å². The van der Waals surface area contributed by atoms with Crippen LogP contribution in [0.1, 0.15) is 39.9 Å². The maximum atomic E-state index is 13.7. The highest BCUT2D eigenvalue weighted by Crippen LogP contribution is 2.24. The molecule has 130 valence electrons. The number of rotatable bonds is 5. The van der Waals surface area contributed by atoms with Crippen LogP contribution in [0.5, 0.6) is 0 Å². The Morgan fingerprint density at radius 3 is 2.76 bits per heavy atom. The van der Waals surface area contributed by atoms with Crippen LogP contribution in [0.4, 0.5) is 4.39 Å². The molecule has 1 aliphatic rings. The molecule has 0 saturated carbocycles. The Morgan fingerprint density at radius 1 is 1.20 bits per heavy atom. The first-order valence-corrected chi connectivity index (χ1v) is 8.30. The van der Waals surface area contributed by atoms with E-state index in [9.17, 15) is 19.1 Å². The van der Waals surface area contributed by atoms with Gasteiger partial charge in [0, 0.05) is 23.7 Å². The number of benzene rings is 1. The number of hydrogen-bond donors (Lipinski definition) is 2. The van der Waals surface area contributed by atoms with E-state index in [-0.39, 0.29) is 12.0 Å². The maximum Gasteiger partial charge on any atom is 0.326 e. The number of aryl methyl sites for hydroxylation is 1. The van der Waals surface area contributed by atoms with Gasteiger partial charge in [0.15, 0.2) is 0 Å². The number of nitrogens with one attached hydrogen (secondary N) is 1. The van der Waals surface area contributed by atoms with Crippen molar-refractivity contribution in [1.29, 1.82) is 0 Å². The number of halogens is 1. The highest BCUT2D eigenvalue weighted by Gasteiger charge is 2.25. The molecule has 1 atom stereocenters. The predicted molar refractivity (Wildman–Crippen MR) is 89.9 cm³/mol. The van der Waals surface area contributed by atoms with Crippen molar-refractivity contribution in [2.45, 2.75) is 38.1 Å². The van der Waals surface area contributed by atoms with Gasteiger partial charge in [-0.15, -0.1) is 0 Å². The Hall–Kier alpha value is -2.76. The van der Waals surface area contributed by atoms with Crippen LogP contribution in [-0.4, -0.2) is 28.0 Å². The number of aromatic nitrogens is 1. The molecule has 0 radical (unpaired) electrons. The molecule has 1 aromatic carbocycles. The number of nitrogens with zero attached hydrogens (tertiary/aromatic N) is 1. The molecule has 1 aromatic heterocycles. The van der Waals surface area contributed by atoms with Crippen molar-refractivity contribution in [3.8, 4) is 0 Å². The molecule has 5 nitrogen and oxygen atoms in total. The lowest BCUT2D eigenvalue weighted by Gasteiger charge is -2.20. The number of aliphatic carboxylic acids is 1. The molecule has 1 unspecified atom stereocenters. The second-order valence-electron chi connectivity index (χ2n) is 6.17. The lowest BCUT2D eigenvalue weighted by Crippen LogP contribution is -2.43. The van der Waals surface area contributed by atoms with Crippen LogP contribution in [0.15, 0.2) is 36.5 Å². The van der Waals surface area contributed by atoms with Gasteiger partial charge in [-0.2, -0.15) is 4.39 Å². The minimum Gasteiger partial charge on any atom is -0.480 e. The minimum absolute atomic E-state index is 0.157. The molecule has 3 rings (SSSR count). The minimum atomic E-state index is -1.22. The molecule has 2 aromatic rings. The molecule has 1 aliphatic carbocycles. The Kier molecular flexibility index (Phi) is 5.07. The number of carboxylic acids is 1. The molecule has 0 aliphatic heterocycles. The predicted octanol–water partition coefficient (Wildman–Crippen LogP) is 2.53. The Labute approximate surface area is 144 Å². The summed E-state index contributed by atoms with van der Waals surface area (Å²) < 4.78 is 13.7. The molecule has 6 heteroatoms. The smallest absolute Gasteiger partial charge is 0.326 e. The van der Waals surface area contributed by atoms with Gasteiger partial charge in [-0.3, -0.25) is 4.79 Å². The summed E-state index contributed by atoms with van der Waals surface area (Å²) in [5, 5.41) is 11.9. The number of carboxylic acid groups (broad SMARTS) is 1. The zero-order valence-electron chi connectivity index (χ0n) is 13.7. The molecule has 2 N–H and O–H groups in total. The highest BCUT2D eigenvalue weighted by molar-refractivity contribution is 5.98. The van der Waals surface area contributed by atoms with Crippen LogP contribution < -0.4 is 5.32 Å². The topological polar surface area (TPSA) is 79.3 Å². The molecule has 25 heavy (non-hydrogen) atoms. The van der Waals surface area contributed by atoms with Crippen molar-refractivity contribution in [3.05, 3.63) is 64.7 Å². The molecular formula is C19H19FN2O3. The van der Waals surface area contributed by atoms with Crippen molar-refractivity contribution in [2.75, 3.05) is 0 Å². The third-order valence-corrected chi connectivity index (χ3v) is 4.50. The second-order valence-corrected chi connectivity index (χ2v) is 6.17. The summed E-state index contributed by atoms with van der Waals surface area (Å²) in [6.07, 6.45) is 4.99. The van der Waals surface area contributed by atoms with Crippen molar-refractivity contribution in [1.82, 2.24) is 10.3 Å². The average molecular weight is 342 g/mol. The number of carbonyl (C=O) groups is 2. The van der Waals surface area contributed by atoms with E-state index in [0.29, 0.717) is 5.56 Å². The Morgan fingerprint density at radius 2 is 2.00 bits per heavy atom. The molecule has 0 bridgehead atoms. The molecule has 0 fully saturated rings. The number of hydrogen-bond acceptors (Lipinski definition) is 3. The van der Waals surface area contributed by atoms with E-state index in [0.717, 1.165) is 36.8 Å². The molecule has 1 amide bonds. The van der Waals surface area contributed by atoms with Crippen LogP contribution in [-0.2, 0) is 24.1 Å². The SMILES string of the molecule is O=C(NC(Cc1cccnc1F)C(=O)O)c1cccc2c1CCCC2. The molecule has 0 saturated heterocycles. The van der Waals surface area contributed by atoms with Gasteiger partial charge in [0.1, 0.15) is 6.04 Å². The number of pyridine rings is 1. The average Bonchev–Trinajstić information content (AvgIpc) is 2.62. The van der Waals surface area contributed by atoms with Crippen LogP contribution in [0.25, 0.3) is 0 Å². The van der Waals surface area contributed by atoms with E-state index in [1.54, 1.807) is 6.07 Å². The summed E-state index contributed by atoms with van der Waals surface area (Å²) in [7, 11) is 0. The fourth-order valence-electron chi connectivity index (χ4n) is 3.22. The van der Waals surface area contributed by atoms with Gasteiger partial charge >= 0.3 is 5.97 Å². The normalized spacial score (nSPS) is 14.4. The van der Waals surface area contributed by atoms with Gasteiger partial charge in [-0.05, 0) is 48.9 Å². The zero-order valence-corrected chi connectivity index (χ0v) is 13.7. The van der Waals surface area contributed by atoms with Gasteiger partial charge in [0.2, 0.25) is 5.95 Å². The van der Waals surface area contributed by atoms with E-state index in [1.165, 1.54) is 18.3 Å². The number of fused-ring (bicyclic) bond motifs is 1. The first kappa shape index (κ1) is 17.1. The van der Waals surface area contributed by atoms with Gasteiger partial charge in [0.25, 0.3) is 5.91 Å². The van der Waals surface area contributed by atoms with Crippen molar-refractivity contribution >= 4 is 11.9 Å². The van der Waals surface area contributed by atoms with E-state index >= 15 is 0 Å². The lowest BCUT2D eigenvalue weighted by atomic mass is 9.88. The number of carbonyl (C=O) groups excluding carboxylic acids is 1. The van der Waals surface area contributed by atoms with E-state index < -0.39 is 23.9 Å². The van der Waals surface area contributed by atoms with Crippen molar-refractivity contribution in [3.63, 3.8) is 0 Å². The third kappa shape index (κ3) is 3.84. The van der Waals surface area contributed by atoms with Crippen LogP contribution in [0, 0.1) is 5.95 Å². The van der Waals surface area contributed by atoms with Gasteiger partial charge in [-0.1, -0.05) is 18.2 Å². The van der Waals surface area contributed by atoms with Crippen LogP contribution in [0.3, 0.4) is 0 Å². The molecular weight excluding hydrogens is 323 g/mol. The van der Waals surface area contributed by atoms with Crippen LogP contribution in [0.2, 0.25) is 0 Å². The number of amides is 1. The largest absolute Gasteiger partial charge is 0.480 e. The summed E-state index contributed by atoms with van der Waals surface area (Å²) >= 11 is 0. The quantitative estimate of drug-likeness (QED) is 0.819. The van der Waals surface area contributed by atoms with Crippen molar-refractivity contribution < 1.29 is 19.1 Å². The summed E-state index contributed by atoms with van der Waals surface area (Å²) in [6.45, 7) is 0. The van der Waals surface area contributed by atoms with Crippen LogP contribution >= 0.6 is 0 Å². The summed E-state index contributed by atoms with van der Waals surface area (Å²) in [5.41, 5.74) is 2.80. The summed E-state index contributed by atoms with van der Waals surface area (Å²) in [6, 6.07) is 7.32. The lowest BCUT2D eigenvalue weighted by molar-refractivity contribution is -0.139. The standard InChI is InChI=1S/C19H19FN2O3/c20-17-13(7-4-10-21-17)11-16(19(24)25)22-18(23)15-9-3-6-12-5-1-2-8-14(12)15/h3-4,6-7,9-10,16H,1-2,5,8,11H2,(H,22,23)(H,24,25). The molecule has 1 heterocycles. The maximum absolute atomic E-state index is 13.7. The molecule has 0 spiro atoms. The Bertz CT molecular complexity index is 807. The van der Waals surface area contributed by atoms with Gasteiger partial charge in [0.05, 0.1) is 0 Å². The van der Waals surface area contributed by atoms with E-state index in [1.807, 2.05) is 12.1 Å². The van der Waals surface area contributed by atoms with Crippen molar-refractivity contribution in [2.24, 2.45) is 0 Å². The van der Waals surface area contributed by atoms with Gasteiger partial charge < -0.3 is 10.4 Å². The van der Waals surface area contributed by atoms with E-state index in [2.05, 4.69) is 10.3 Å². The Balaban J connectivity index is 1.80. The third-order valence-electron chi connectivity index (χ3n) is 4.50. The summed E-state index contributed by atoms with van der Waals surface area (Å²) in [5.74, 6) is -2.36. The fraction of sp³-hybridized carbons (Fsp3) is 0.316. The zero-order chi connectivity index (χ0) is 17.8. The monoisotopic (exact) mass is 342 g/mol. The van der Waals surface area contributed by atoms with E-state index in [4.69, 9.17) is 0 Å².